The standard InChI is InChI=1S/C24H20F3N5O3/c1-24(34)15-11-13(22-30-31-23(35-22)21(26)27)8-9-14(15)12-32(24)19(16-5-2-3-10-28-16)20(33)17-6-4-7-18(25)29-17/h2-11,19-21,33-34H,12H2,1H3/t19-,20+,24?/m0/s1. The Balaban J connectivity index is 1.55. The van der Waals surface area contributed by atoms with Crippen LogP contribution in [0.15, 0.2) is 65.2 Å². The predicted molar refractivity (Wildman–Crippen MR) is 116 cm³/mol. The normalized spacial score (nSPS) is 19.6. The third-order valence-electron chi connectivity index (χ3n) is 6.06. The van der Waals surface area contributed by atoms with Crippen molar-refractivity contribution < 1.29 is 27.8 Å². The maximum atomic E-state index is 13.8. The van der Waals surface area contributed by atoms with Crippen molar-refractivity contribution >= 4 is 0 Å². The topological polar surface area (TPSA) is 108 Å². The van der Waals surface area contributed by atoms with E-state index in [0.717, 1.165) is 5.56 Å². The van der Waals surface area contributed by atoms with E-state index >= 15 is 0 Å². The van der Waals surface area contributed by atoms with E-state index in [1.807, 2.05) is 0 Å². The van der Waals surface area contributed by atoms with E-state index in [9.17, 15) is 23.4 Å². The van der Waals surface area contributed by atoms with E-state index in [4.69, 9.17) is 4.42 Å². The van der Waals surface area contributed by atoms with Crippen LogP contribution in [0.3, 0.4) is 0 Å². The van der Waals surface area contributed by atoms with Crippen molar-refractivity contribution in [2.45, 2.75) is 37.8 Å². The fourth-order valence-electron chi connectivity index (χ4n) is 4.38. The zero-order chi connectivity index (χ0) is 24.7. The van der Waals surface area contributed by atoms with Gasteiger partial charge in [-0.05, 0) is 48.9 Å². The van der Waals surface area contributed by atoms with Gasteiger partial charge in [-0.2, -0.15) is 13.2 Å². The molecule has 4 heterocycles. The molecular formula is C24H20F3N5O3. The molecule has 0 amide bonds. The average Bonchev–Trinajstić information content (AvgIpc) is 3.44. The molecular weight excluding hydrogens is 463 g/mol. The van der Waals surface area contributed by atoms with Gasteiger partial charge in [0.1, 0.15) is 11.8 Å². The van der Waals surface area contributed by atoms with E-state index in [1.54, 1.807) is 54.4 Å². The van der Waals surface area contributed by atoms with Gasteiger partial charge in [0.25, 0.3) is 5.89 Å². The summed E-state index contributed by atoms with van der Waals surface area (Å²) in [6.45, 7) is 1.75. The smallest absolute Gasteiger partial charge is 0.314 e. The zero-order valence-corrected chi connectivity index (χ0v) is 18.4. The lowest BCUT2D eigenvalue weighted by Gasteiger charge is -2.39. The molecule has 0 saturated carbocycles. The Morgan fingerprint density at radius 2 is 1.86 bits per heavy atom. The molecule has 5 rings (SSSR count). The number of aliphatic hydroxyl groups is 2. The Morgan fingerprint density at radius 3 is 2.54 bits per heavy atom. The highest BCUT2D eigenvalue weighted by Gasteiger charge is 2.47. The summed E-state index contributed by atoms with van der Waals surface area (Å²) in [6, 6.07) is 13.3. The highest BCUT2D eigenvalue weighted by molar-refractivity contribution is 5.57. The van der Waals surface area contributed by atoms with Crippen molar-refractivity contribution in [1.29, 1.82) is 0 Å². The summed E-state index contributed by atoms with van der Waals surface area (Å²) in [7, 11) is 0. The number of aliphatic hydroxyl groups excluding tert-OH is 1. The first kappa shape index (κ1) is 23.1. The zero-order valence-electron chi connectivity index (χ0n) is 18.4. The second-order valence-corrected chi connectivity index (χ2v) is 8.30. The molecule has 0 fully saturated rings. The van der Waals surface area contributed by atoms with Crippen LogP contribution in [-0.2, 0) is 12.3 Å². The first-order valence-corrected chi connectivity index (χ1v) is 10.7. The lowest BCUT2D eigenvalue weighted by Crippen LogP contribution is -2.43. The Labute approximate surface area is 197 Å². The van der Waals surface area contributed by atoms with Gasteiger partial charge in [-0.3, -0.25) is 9.88 Å². The van der Waals surface area contributed by atoms with Gasteiger partial charge >= 0.3 is 6.43 Å². The van der Waals surface area contributed by atoms with Crippen molar-refractivity contribution in [2.24, 2.45) is 0 Å². The Morgan fingerprint density at radius 1 is 1.06 bits per heavy atom. The predicted octanol–water partition coefficient (Wildman–Crippen LogP) is 4.06. The molecule has 4 aromatic rings. The Bertz CT molecular complexity index is 1350. The van der Waals surface area contributed by atoms with Gasteiger partial charge in [0.05, 0.1) is 17.4 Å². The van der Waals surface area contributed by atoms with Crippen molar-refractivity contribution in [2.75, 3.05) is 0 Å². The fraction of sp³-hybridized carbons (Fsp3) is 0.250. The molecule has 0 spiro atoms. The molecule has 1 aromatic carbocycles. The molecule has 1 aliphatic heterocycles. The first-order chi connectivity index (χ1) is 16.8. The fourth-order valence-corrected chi connectivity index (χ4v) is 4.38. The van der Waals surface area contributed by atoms with Crippen LogP contribution in [0.5, 0.6) is 0 Å². The van der Waals surface area contributed by atoms with Crippen LogP contribution >= 0.6 is 0 Å². The molecule has 0 radical (unpaired) electrons. The second-order valence-electron chi connectivity index (χ2n) is 8.30. The van der Waals surface area contributed by atoms with Crippen LogP contribution in [0, 0.1) is 5.95 Å². The summed E-state index contributed by atoms with van der Waals surface area (Å²) in [6.07, 6.45) is -2.67. The largest absolute Gasteiger partial charge is 0.415 e. The van der Waals surface area contributed by atoms with Crippen molar-refractivity contribution in [3.05, 3.63) is 95.1 Å². The highest BCUT2D eigenvalue weighted by atomic mass is 19.3. The number of halogens is 3. The van der Waals surface area contributed by atoms with Crippen LogP contribution in [0.4, 0.5) is 13.2 Å². The quantitative estimate of drug-likeness (QED) is 0.396. The molecule has 3 atom stereocenters. The number of rotatable bonds is 6. The molecule has 8 nitrogen and oxygen atoms in total. The number of hydrogen-bond donors (Lipinski definition) is 2. The lowest BCUT2D eigenvalue weighted by molar-refractivity contribution is -0.138. The Hall–Kier alpha value is -3.67. The molecule has 0 bridgehead atoms. The van der Waals surface area contributed by atoms with Gasteiger partial charge in [0, 0.05) is 23.9 Å². The van der Waals surface area contributed by atoms with Crippen molar-refractivity contribution in [3.63, 3.8) is 0 Å². The minimum absolute atomic E-state index is 0.0819. The maximum absolute atomic E-state index is 13.8. The molecule has 180 valence electrons. The van der Waals surface area contributed by atoms with Crippen LogP contribution in [0.2, 0.25) is 0 Å². The van der Waals surface area contributed by atoms with E-state index in [2.05, 4.69) is 20.2 Å². The number of hydrogen-bond acceptors (Lipinski definition) is 8. The SMILES string of the molecule is CC1(O)c2cc(-c3nnc(C(F)F)o3)ccc2CN1[C@@H](c1ccccn1)[C@H](O)c1cccc(F)n1. The molecule has 3 aromatic heterocycles. The van der Waals surface area contributed by atoms with Gasteiger partial charge in [-0.1, -0.05) is 18.2 Å². The maximum Gasteiger partial charge on any atom is 0.314 e. The van der Waals surface area contributed by atoms with Gasteiger partial charge < -0.3 is 14.6 Å². The summed E-state index contributed by atoms with van der Waals surface area (Å²) >= 11 is 0. The number of alkyl halides is 2. The molecule has 1 aliphatic rings. The summed E-state index contributed by atoms with van der Waals surface area (Å²) in [4.78, 5) is 9.81. The first-order valence-electron chi connectivity index (χ1n) is 10.7. The van der Waals surface area contributed by atoms with Gasteiger partial charge in [-0.25, -0.2) is 4.98 Å². The van der Waals surface area contributed by atoms with Gasteiger partial charge in [-0.15, -0.1) is 10.2 Å². The van der Waals surface area contributed by atoms with Crippen LogP contribution in [0.1, 0.15) is 53.9 Å². The summed E-state index contributed by atoms with van der Waals surface area (Å²) in [5, 5.41) is 30.0. The third kappa shape index (κ3) is 4.18. The summed E-state index contributed by atoms with van der Waals surface area (Å²) < 4.78 is 44.6. The van der Waals surface area contributed by atoms with Crippen molar-refractivity contribution in [1.82, 2.24) is 25.1 Å². The average molecular weight is 483 g/mol. The molecule has 1 unspecified atom stereocenters. The monoisotopic (exact) mass is 483 g/mol. The summed E-state index contributed by atoms with van der Waals surface area (Å²) in [5.41, 5.74) is 0.441. The van der Waals surface area contributed by atoms with Crippen LogP contribution < -0.4 is 0 Å². The molecule has 0 saturated heterocycles. The number of aromatic nitrogens is 4. The number of fused-ring (bicyclic) bond motifs is 1. The minimum Gasteiger partial charge on any atom is -0.415 e. The van der Waals surface area contributed by atoms with E-state index < -0.39 is 36.1 Å². The number of benzene rings is 1. The molecule has 35 heavy (non-hydrogen) atoms. The van der Waals surface area contributed by atoms with Gasteiger partial charge in [0.15, 0.2) is 0 Å². The highest BCUT2D eigenvalue weighted by Crippen LogP contribution is 2.47. The number of pyridine rings is 2. The third-order valence-corrected chi connectivity index (χ3v) is 6.06. The Kier molecular flexibility index (Phi) is 5.83. The number of nitrogens with zero attached hydrogens (tertiary/aromatic N) is 5. The lowest BCUT2D eigenvalue weighted by atomic mass is 9.97. The molecule has 2 N–H and O–H groups in total. The second kappa shape index (κ2) is 8.84. The van der Waals surface area contributed by atoms with E-state index in [1.165, 1.54) is 18.2 Å². The summed E-state index contributed by atoms with van der Waals surface area (Å²) in [5.74, 6) is -1.65. The van der Waals surface area contributed by atoms with Crippen LogP contribution in [0.25, 0.3) is 11.5 Å². The van der Waals surface area contributed by atoms with Gasteiger partial charge in [0.2, 0.25) is 11.8 Å². The molecule has 11 heteroatoms. The minimum atomic E-state index is -2.90. The molecule has 0 aliphatic carbocycles. The van der Waals surface area contributed by atoms with Crippen LogP contribution in [-0.4, -0.2) is 35.3 Å². The van der Waals surface area contributed by atoms with E-state index in [0.29, 0.717) is 16.8 Å². The van der Waals surface area contributed by atoms with Crippen molar-refractivity contribution in [3.8, 4) is 11.5 Å². The van der Waals surface area contributed by atoms with E-state index in [-0.39, 0.29) is 18.1 Å².